The molecule has 3 nitrogen and oxygen atoms in total. The zero-order valence-electron chi connectivity index (χ0n) is 11.9. The Balaban J connectivity index is 1.54. The summed E-state index contributed by atoms with van der Waals surface area (Å²) in [6.07, 6.45) is 8.51. The molecule has 0 radical (unpaired) electrons. The topological polar surface area (TPSA) is 18.5 Å². The highest BCUT2D eigenvalue weighted by atomic mass is 15.3. The van der Waals surface area contributed by atoms with Gasteiger partial charge in [0.2, 0.25) is 0 Å². The minimum absolute atomic E-state index is 0.771. The predicted octanol–water partition coefficient (Wildman–Crippen LogP) is 1.69. The Hall–Kier alpha value is -0.120. The summed E-state index contributed by atoms with van der Waals surface area (Å²) in [5.74, 6) is 0. The first-order chi connectivity index (χ1) is 8.88. The molecule has 3 heteroatoms. The fraction of sp³-hybridized carbons (Fsp3) is 1.00. The van der Waals surface area contributed by atoms with E-state index >= 15 is 0 Å². The lowest BCUT2D eigenvalue weighted by Gasteiger charge is -2.31. The Morgan fingerprint density at radius 3 is 2.56 bits per heavy atom. The van der Waals surface area contributed by atoms with Crippen molar-refractivity contribution < 1.29 is 0 Å². The molecule has 2 heterocycles. The van der Waals surface area contributed by atoms with Gasteiger partial charge in [0, 0.05) is 31.2 Å². The third kappa shape index (κ3) is 2.59. The lowest BCUT2D eigenvalue weighted by molar-refractivity contribution is 0.182. The lowest BCUT2D eigenvalue weighted by atomic mass is 10.1. The van der Waals surface area contributed by atoms with Crippen LogP contribution in [0, 0.1) is 0 Å². The molecule has 2 saturated heterocycles. The van der Waals surface area contributed by atoms with E-state index in [0.717, 1.165) is 24.7 Å². The Morgan fingerprint density at radius 2 is 1.78 bits per heavy atom. The van der Waals surface area contributed by atoms with Crippen LogP contribution in [0.2, 0.25) is 0 Å². The van der Waals surface area contributed by atoms with Crippen molar-refractivity contribution in [1.29, 1.82) is 0 Å². The molecule has 3 unspecified atom stereocenters. The van der Waals surface area contributed by atoms with Crippen LogP contribution in [-0.4, -0.2) is 60.6 Å². The number of likely N-dealkylation sites (tertiary alicyclic amines) is 2. The van der Waals surface area contributed by atoms with Crippen LogP contribution >= 0.6 is 0 Å². The maximum Gasteiger partial charge on any atom is 0.0250 e. The lowest BCUT2D eigenvalue weighted by Crippen LogP contribution is -2.47. The van der Waals surface area contributed by atoms with Crippen LogP contribution in [-0.2, 0) is 0 Å². The number of likely N-dealkylation sites (N-methyl/N-ethyl adjacent to an activating group) is 1. The largest absolute Gasteiger partial charge is 0.313 e. The van der Waals surface area contributed by atoms with Crippen LogP contribution in [0.4, 0.5) is 0 Å². The standard InChI is InChI=1S/C15H29N3/c1-2-16-14-6-5-7-15(14)18-11-8-13(12-18)17-9-3-4-10-17/h13-16H,2-12H2,1H3. The van der Waals surface area contributed by atoms with E-state index in [1.165, 1.54) is 64.7 Å². The number of rotatable bonds is 4. The number of nitrogens with one attached hydrogen (secondary N) is 1. The average Bonchev–Trinajstić information content (AvgIpc) is 3.10. The van der Waals surface area contributed by atoms with Gasteiger partial charge >= 0.3 is 0 Å². The number of hydrogen-bond donors (Lipinski definition) is 1. The SMILES string of the molecule is CCNC1CCCC1N1CCC(N2CCCC2)C1. The van der Waals surface area contributed by atoms with Gasteiger partial charge in [0.25, 0.3) is 0 Å². The summed E-state index contributed by atoms with van der Waals surface area (Å²) in [6.45, 7) is 8.77. The molecule has 3 rings (SSSR count). The van der Waals surface area contributed by atoms with Crippen LogP contribution in [0.25, 0.3) is 0 Å². The summed E-state index contributed by atoms with van der Waals surface area (Å²) >= 11 is 0. The van der Waals surface area contributed by atoms with E-state index in [0.29, 0.717) is 0 Å². The number of nitrogens with zero attached hydrogens (tertiary/aromatic N) is 2. The Bertz CT molecular complexity index is 262. The van der Waals surface area contributed by atoms with E-state index < -0.39 is 0 Å². The van der Waals surface area contributed by atoms with Gasteiger partial charge in [0.15, 0.2) is 0 Å². The summed E-state index contributed by atoms with van der Waals surface area (Å²) in [5.41, 5.74) is 0. The molecule has 104 valence electrons. The molecular weight excluding hydrogens is 222 g/mol. The second kappa shape index (κ2) is 5.89. The third-order valence-corrected chi connectivity index (χ3v) is 5.27. The van der Waals surface area contributed by atoms with Gasteiger partial charge in [-0.3, -0.25) is 9.80 Å². The fourth-order valence-electron chi connectivity index (χ4n) is 4.35. The van der Waals surface area contributed by atoms with Crippen LogP contribution < -0.4 is 5.32 Å². The predicted molar refractivity (Wildman–Crippen MR) is 75.9 cm³/mol. The van der Waals surface area contributed by atoms with Crippen LogP contribution in [0.5, 0.6) is 0 Å². The molecule has 3 atom stereocenters. The molecule has 1 aliphatic carbocycles. The first-order valence-electron chi connectivity index (χ1n) is 8.10. The zero-order chi connectivity index (χ0) is 12.4. The molecule has 3 aliphatic rings. The molecule has 2 aliphatic heterocycles. The van der Waals surface area contributed by atoms with Crippen molar-refractivity contribution in [1.82, 2.24) is 15.1 Å². The normalized spacial score (nSPS) is 38.8. The molecule has 0 aromatic carbocycles. The van der Waals surface area contributed by atoms with Gasteiger partial charge in [-0.15, -0.1) is 0 Å². The summed E-state index contributed by atoms with van der Waals surface area (Å²) in [7, 11) is 0. The molecule has 1 saturated carbocycles. The summed E-state index contributed by atoms with van der Waals surface area (Å²) in [4.78, 5) is 5.54. The van der Waals surface area contributed by atoms with Crippen molar-refractivity contribution in [2.45, 2.75) is 63.6 Å². The van der Waals surface area contributed by atoms with Gasteiger partial charge in [-0.2, -0.15) is 0 Å². The van der Waals surface area contributed by atoms with Crippen molar-refractivity contribution in [2.75, 3.05) is 32.7 Å². The maximum absolute atomic E-state index is 3.70. The monoisotopic (exact) mass is 251 g/mol. The minimum atomic E-state index is 0.771. The van der Waals surface area contributed by atoms with E-state index in [9.17, 15) is 0 Å². The van der Waals surface area contributed by atoms with Crippen LogP contribution in [0.1, 0.15) is 45.4 Å². The van der Waals surface area contributed by atoms with Crippen molar-refractivity contribution >= 4 is 0 Å². The highest BCUT2D eigenvalue weighted by Gasteiger charge is 2.37. The first kappa shape index (κ1) is 12.9. The molecule has 0 aromatic rings. The van der Waals surface area contributed by atoms with Crippen molar-refractivity contribution in [3.05, 3.63) is 0 Å². The molecule has 1 N–H and O–H groups in total. The van der Waals surface area contributed by atoms with Gasteiger partial charge in [-0.1, -0.05) is 13.3 Å². The average molecular weight is 251 g/mol. The summed E-state index contributed by atoms with van der Waals surface area (Å²) in [5, 5.41) is 3.70. The van der Waals surface area contributed by atoms with E-state index in [1.54, 1.807) is 0 Å². The number of hydrogen-bond acceptors (Lipinski definition) is 3. The van der Waals surface area contributed by atoms with E-state index in [4.69, 9.17) is 0 Å². The van der Waals surface area contributed by atoms with Gasteiger partial charge < -0.3 is 5.32 Å². The summed E-state index contributed by atoms with van der Waals surface area (Å²) < 4.78 is 0. The molecule has 0 bridgehead atoms. The Labute approximate surface area is 112 Å². The molecule has 0 amide bonds. The van der Waals surface area contributed by atoms with Crippen LogP contribution in [0.15, 0.2) is 0 Å². The molecule has 18 heavy (non-hydrogen) atoms. The molecule has 3 fully saturated rings. The van der Waals surface area contributed by atoms with E-state index in [-0.39, 0.29) is 0 Å². The summed E-state index contributed by atoms with van der Waals surface area (Å²) in [6, 6.07) is 2.47. The second-order valence-electron chi connectivity index (χ2n) is 6.34. The van der Waals surface area contributed by atoms with Gasteiger partial charge in [0.05, 0.1) is 0 Å². The zero-order valence-corrected chi connectivity index (χ0v) is 11.9. The van der Waals surface area contributed by atoms with E-state index in [1.807, 2.05) is 0 Å². The fourth-order valence-corrected chi connectivity index (χ4v) is 4.35. The van der Waals surface area contributed by atoms with Crippen molar-refractivity contribution in [2.24, 2.45) is 0 Å². The molecular formula is C15H29N3. The second-order valence-corrected chi connectivity index (χ2v) is 6.34. The molecule has 0 aromatic heterocycles. The smallest absolute Gasteiger partial charge is 0.0250 e. The van der Waals surface area contributed by atoms with Gasteiger partial charge in [-0.25, -0.2) is 0 Å². The highest BCUT2D eigenvalue weighted by Crippen LogP contribution is 2.29. The van der Waals surface area contributed by atoms with Gasteiger partial charge in [0.1, 0.15) is 0 Å². The first-order valence-corrected chi connectivity index (χ1v) is 8.10. The minimum Gasteiger partial charge on any atom is -0.313 e. The molecule has 0 spiro atoms. The van der Waals surface area contributed by atoms with Crippen LogP contribution in [0.3, 0.4) is 0 Å². The highest BCUT2D eigenvalue weighted by molar-refractivity contribution is 4.95. The van der Waals surface area contributed by atoms with Crippen molar-refractivity contribution in [3.63, 3.8) is 0 Å². The third-order valence-electron chi connectivity index (χ3n) is 5.27. The maximum atomic E-state index is 3.70. The Morgan fingerprint density at radius 1 is 0.944 bits per heavy atom. The Kier molecular flexibility index (Phi) is 4.22. The quantitative estimate of drug-likeness (QED) is 0.820. The van der Waals surface area contributed by atoms with Gasteiger partial charge in [-0.05, 0) is 51.7 Å². The van der Waals surface area contributed by atoms with E-state index in [2.05, 4.69) is 22.0 Å². The van der Waals surface area contributed by atoms with Crippen molar-refractivity contribution in [3.8, 4) is 0 Å².